The van der Waals surface area contributed by atoms with E-state index >= 15 is 0 Å². The monoisotopic (exact) mass is 528 g/mol. The van der Waals surface area contributed by atoms with Gasteiger partial charge in [-0.1, -0.05) is 6.92 Å². The zero-order valence-corrected chi connectivity index (χ0v) is 17.4. The molecule has 1 aliphatic heterocycles. The molecule has 3 atom stereocenters. The highest BCUT2D eigenvalue weighted by Crippen LogP contribution is 2.62. The lowest BCUT2D eigenvalue weighted by molar-refractivity contribution is -0.407. The van der Waals surface area contributed by atoms with Crippen LogP contribution in [0.15, 0.2) is 0 Å². The number of rotatable bonds is 3. The molecule has 0 amide bonds. The van der Waals surface area contributed by atoms with Crippen LogP contribution < -0.4 is 0 Å². The minimum Gasteiger partial charge on any atom is -0.459 e. The van der Waals surface area contributed by atoms with Gasteiger partial charge in [0.05, 0.1) is 5.41 Å². The topological polar surface area (TPSA) is 66.8 Å². The van der Waals surface area contributed by atoms with Gasteiger partial charge in [0.2, 0.25) is 0 Å². The smallest absolute Gasteiger partial charge is 0.426 e. The van der Waals surface area contributed by atoms with Crippen molar-refractivity contribution in [3.8, 4) is 0 Å². The summed E-state index contributed by atoms with van der Waals surface area (Å²) in [5.74, 6) is -7.98. The standard InChI is InChI=1S/C18H20F12O4/c1-3-11(2)7-12(34-10(11)31)5-8(13(32,15(19,20)21)16(22,23)24)4-9(6-12)14(33,17(25,26)27)18(28,29)30/h8-9,32-33H,3-7H2,1-2H3. The number of esters is 1. The van der Waals surface area contributed by atoms with Gasteiger partial charge in [-0.15, -0.1) is 0 Å². The molecule has 0 aromatic heterocycles. The van der Waals surface area contributed by atoms with Crippen LogP contribution in [0.3, 0.4) is 0 Å². The van der Waals surface area contributed by atoms with Crippen LogP contribution in [0.4, 0.5) is 52.7 Å². The molecule has 0 aromatic rings. The van der Waals surface area contributed by atoms with E-state index in [0.29, 0.717) is 0 Å². The SMILES string of the molecule is CCC1(C)CC2(CC(C(O)(C(F)(F)F)C(F)(F)F)CC(C(O)(C(F)(F)F)C(F)(F)F)C2)OC1=O. The van der Waals surface area contributed by atoms with E-state index in [4.69, 9.17) is 4.74 Å². The van der Waals surface area contributed by atoms with E-state index in [2.05, 4.69) is 0 Å². The van der Waals surface area contributed by atoms with Crippen molar-refractivity contribution in [1.82, 2.24) is 0 Å². The number of aliphatic hydroxyl groups is 2. The molecule has 2 aliphatic rings. The van der Waals surface area contributed by atoms with Gasteiger partial charge in [0.1, 0.15) is 5.60 Å². The molecule has 1 aliphatic carbocycles. The van der Waals surface area contributed by atoms with E-state index < -0.39 is 90.4 Å². The average molecular weight is 528 g/mol. The predicted molar refractivity (Wildman–Crippen MR) is 86.8 cm³/mol. The van der Waals surface area contributed by atoms with Crippen LogP contribution in [0.25, 0.3) is 0 Å². The molecule has 3 unspecified atom stereocenters. The Bertz CT molecular complexity index is 723. The third kappa shape index (κ3) is 4.11. The number of carbonyl (C=O) groups is 1. The second kappa shape index (κ2) is 7.77. The summed E-state index contributed by atoms with van der Waals surface area (Å²) in [6.45, 7) is 2.46. The fourth-order valence-corrected chi connectivity index (χ4v) is 5.01. The minimum absolute atomic E-state index is 0.158. The van der Waals surface area contributed by atoms with Gasteiger partial charge in [-0.3, -0.25) is 4.79 Å². The molecule has 2 rings (SSSR count). The highest BCUT2D eigenvalue weighted by atomic mass is 19.4. The molecule has 16 heteroatoms. The molecular weight excluding hydrogens is 508 g/mol. The van der Waals surface area contributed by atoms with E-state index in [1.807, 2.05) is 0 Å². The number of halogens is 12. The van der Waals surface area contributed by atoms with Crippen LogP contribution in [0.2, 0.25) is 0 Å². The lowest BCUT2D eigenvalue weighted by Crippen LogP contribution is -2.68. The maximum atomic E-state index is 13.5. The predicted octanol–water partition coefficient (Wildman–Crippen LogP) is 5.22. The van der Waals surface area contributed by atoms with Gasteiger partial charge in [-0.2, -0.15) is 52.7 Å². The second-order valence-electron chi connectivity index (χ2n) is 9.23. The molecule has 2 fully saturated rings. The Morgan fingerprint density at radius 3 is 1.35 bits per heavy atom. The molecule has 1 heterocycles. The maximum Gasteiger partial charge on any atom is 0.426 e. The Morgan fingerprint density at radius 2 is 1.12 bits per heavy atom. The normalized spacial score (nSPS) is 32.3. The molecule has 0 aromatic carbocycles. The van der Waals surface area contributed by atoms with Gasteiger partial charge >= 0.3 is 30.7 Å². The van der Waals surface area contributed by atoms with E-state index in [1.165, 1.54) is 6.92 Å². The van der Waals surface area contributed by atoms with Gasteiger partial charge in [0, 0.05) is 18.3 Å². The van der Waals surface area contributed by atoms with Crippen molar-refractivity contribution in [1.29, 1.82) is 0 Å². The van der Waals surface area contributed by atoms with Gasteiger partial charge in [0.15, 0.2) is 0 Å². The number of carbonyl (C=O) groups excluding carboxylic acids is 1. The van der Waals surface area contributed by atoms with Crippen molar-refractivity contribution in [2.24, 2.45) is 17.3 Å². The summed E-state index contributed by atoms with van der Waals surface area (Å²) >= 11 is 0. The van der Waals surface area contributed by atoms with Crippen molar-refractivity contribution in [3.63, 3.8) is 0 Å². The summed E-state index contributed by atoms with van der Waals surface area (Å²) in [6, 6.07) is 0. The summed E-state index contributed by atoms with van der Waals surface area (Å²) in [6.07, 6.45) is -32.5. The van der Waals surface area contributed by atoms with Crippen LogP contribution >= 0.6 is 0 Å². The van der Waals surface area contributed by atoms with E-state index in [0.717, 1.165) is 6.92 Å². The van der Waals surface area contributed by atoms with Crippen molar-refractivity contribution in [3.05, 3.63) is 0 Å². The summed E-state index contributed by atoms with van der Waals surface area (Å²) in [5.41, 5.74) is -15.8. The number of hydrogen-bond acceptors (Lipinski definition) is 4. The third-order valence-corrected chi connectivity index (χ3v) is 7.01. The molecule has 1 saturated carbocycles. The Balaban J connectivity index is 2.77. The maximum absolute atomic E-state index is 13.5. The van der Waals surface area contributed by atoms with E-state index in [9.17, 15) is 67.7 Å². The molecule has 0 radical (unpaired) electrons. The number of ether oxygens (including phenoxy) is 1. The molecule has 34 heavy (non-hydrogen) atoms. The lowest BCUT2D eigenvalue weighted by atomic mass is 9.59. The van der Waals surface area contributed by atoms with Crippen LogP contribution in [0, 0.1) is 17.3 Å². The first-order valence-corrected chi connectivity index (χ1v) is 9.76. The molecule has 0 bridgehead atoms. The quantitative estimate of drug-likeness (QED) is 0.390. The third-order valence-electron chi connectivity index (χ3n) is 7.01. The second-order valence-corrected chi connectivity index (χ2v) is 9.23. The molecule has 1 spiro atoms. The van der Waals surface area contributed by atoms with Crippen LogP contribution in [0.1, 0.15) is 46.0 Å². The van der Waals surface area contributed by atoms with Crippen molar-refractivity contribution in [2.75, 3.05) is 0 Å². The van der Waals surface area contributed by atoms with E-state index in [-0.39, 0.29) is 6.42 Å². The van der Waals surface area contributed by atoms with Gasteiger partial charge in [-0.05, 0) is 32.6 Å². The zero-order valence-electron chi connectivity index (χ0n) is 17.4. The van der Waals surface area contributed by atoms with Crippen molar-refractivity contribution >= 4 is 5.97 Å². The Labute approximate surface area is 184 Å². The summed E-state index contributed by atoms with van der Waals surface area (Å²) in [7, 11) is 0. The number of alkyl halides is 12. The summed E-state index contributed by atoms with van der Waals surface area (Å²) in [4.78, 5) is 12.3. The Morgan fingerprint density at radius 1 is 0.794 bits per heavy atom. The average Bonchev–Trinajstić information content (AvgIpc) is 2.85. The fraction of sp³-hybridized carbons (Fsp3) is 0.944. The Hall–Kier alpha value is -1.45. The first-order chi connectivity index (χ1) is 14.8. The molecule has 4 nitrogen and oxygen atoms in total. The molecular formula is C18H20F12O4. The first-order valence-electron chi connectivity index (χ1n) is 9.76. The molecule has 200 valence electrons. The van der Waals surface area contributed by atoms with Gasteiger partial charge in [-0.25, -0.2) is 0 Å². The van der Waals surface area contributed by atoms with Crippen LogP contribution in [0.5, 0.6) is 0 Å². The number of hydrogen-bond donors (Lipinski definition) is 2. The largest absolute Gasteiger partial charge is 0.459 e. The lowest BCUT2D eigenvalue weighted by Gasteiger charge is -2.51. The Kier molecular flexibility index (Phi) is 6.58. The fourth-order valence-electron chi connectivity index (χ4n) is 5.01. The molecule has 2 N–H and O–H groups in total. The van der Waals surface area contributed by atoms with Crippen LogP contribution in [-0.4, -0.2) is 57.7 Å². The van der Waals surface area contributed by atoms with Crippen LogP contribution in [-0.2, 0) is 9.53 Å². The van der Waals surface area contributed by atoms with Crippen molar-refractivity contribution in [2.45, 2.75) is 87.5 Å². The molecule has 1 saturated heterocycles. The highest BCUT2D eigenvalue weighted by molar-refractivity contribution is 5.79. The van der Waals surface area contributed by atoms with Crippen molar-refractivity contribution < 1.29 is 72.4 Å². The minimum atomic E-state index is -6.58. The summed E-state index contributed by atoms with van der Waals surface area (Å²) < 4.78 is 166. The summed E-state index contributed by atoms with van der Waals surface area (Å²) in [5, 5.41) is 19.5. The van der Waals surface area contributed by atoms with Gasteiger partial charge < -0.3 is 14.9 Å². The highest BCUT2D eigenvalue weighted by Gasteiger charge is 2.80. The zero-order chi connectivity index (χ0) is 27.0. The van der Waals surface area contributed by atoms with Gasteiger partial charge in [0.25, 0.3) is 11.2 Å². The van der Waals surface area contributed by atoms with E-state index in [1.54, 1.807) is 0 Å². The first kappa shape index (κ1) is 28.8.